The molecule has 1 amide bonds. The average Bonchev–Trinajstić information content (AvgIpc) is 3.40. The molecular weight excluding hydrogens is 492 g/mol. The lowest BCUT2D eigenvalue weighted by molar-refractivity contribution is -0.113. The molecule has 1 aliphatic rings. The van der Waals surface area contributed by atoms with Gasteiger partial charge in [0.25, 0.3) is 11.5 Å². The topological polar surface area (TPSA) is 68.4 Å². The number of carbonyl (C=O) groups excluding carboxylic acids is 1. The van der Waals surface area contributed by atoms with Gasteiger partial charge in [0.2, 0.25) is 0 Å². The predicted molar refractivity (Wildman–Crippen MR) is 153 cm³/mol. The zero-order valence-electron chi connectivity index (χ0n) is 21.3. The quantitative estimate of drug-likeness (QED) is 0.376. The molecule has 0 aliphatic carbocycles. The molecule has 0 fully saturated rings. The maximum atomic E-state index is 14.0. The van der Waals surface area contributed by atoms with Gasteiger partial charge in [0.15, 0.2) is 4.80 Å². The summed E-state index contributed by atoms with van der Waals surface area (Å²) in [5, 5.41) is 4.07. The van der Waals surface area contributed by atoms with E-state index in [-0.39, 0.29) is 11.5 Å². The minimum Gasteiger partial charge on any atom is -0.350 e. The van der Waals surface area contributed by atoms with Crippen LogP contribution in [0.3, 0.4) is 0 Å². The van der Waals surface area contributed by atoms with Crippen LogP contribution in [-0.4, -0.2) is 15.0 Å². The number of allylic oxidation sites excluding steroid dienone is 1. The number of nitrogens with one attached hydrogen (secondary N) is 1. The molecule has 1 N–H and O–H groups in total. The number of hydrogen-bond acceptors (Lipinski definition) is 4. The molecule has 38 heavy (non-hydrogen) atoms. The zero-order valence-corrected chi connectivity index (χ0v) is 22.1. The fourth-order valence-electron chi connectivity index (χ4n) is 5.03. The standard InChI is InChI=1S/C31H26N4O2S/c1-19-13-15-21(16-14-19)28-27(29(36)33-23-9-5-4-6-10-23)20(2)32-31-35(28)30(37)26(38-31)17-22-18-34(3)25-12-8-7-11-24(22)25/h4-18,28H,1-3H3,(H,33,36)/b26-17-/t28-/m1/s1. The Morgan fingerprint density at radius 2 is 1.68 bits per heavy atom. The smallest absolute Gasteiger partial charge is 0.271 e. The van der Waals surface area contributed by atoms with Gasteiger partial charge in [-0.05, 0) is 43.7 Å². The van der Waals surface area contributed by atoms with Crippen LogP contribution in [0.15, 0.2) is 106 Å². The van der Waals surface area contributed by atoms with E-state index in [4.69, 9.17) is 4.99 Å². The van der Waals surface area contributed by atoms with E-state index in [2.05, 4.69) is 22.0 Å². The average molecular weight is 519 g/mol. The summed E-state index contributed by atoms with van der Waals surface area (Å²) < 4.78 is 4.30. The monoisotopic (exact) mass is 518 g/mol. The Labute approximate surface area is 223 Å². The van der Waals surface area contributed by atoms with Crippen molar-refractivity contribution in [2.75, 3.05) is 5.32 Å². The number of aromatic nitrogens is 2. The number of anilines is 1. The molecule has 0 saturated heterocycles. The molecular formula is C31H26N4O2S. The fourth-order valence-corrected chi connectivity index (χ4v) is 6.06. The number of fused-ring (bicyclic) bond motifs is 2. The number of benzene rings is 3. The summed E-state index contributed by atoms with van der Waals surface area (Å²) in [6.45, 7) is 3.85. The summed E-state index contributed by atoms with van der Waals surface area (Å²) >= 11 is 1.35. The third-order valence-electron chi connectivity index (χ3n) is 6.91. The van der Waals surface area contributed by atoms with Gasteiger partial charge < -0.3 is 9.88 Å². The second-order valence-corrected chi connectivity index (χ2v) is 10.5. The van der Waals surface area contributed by atoms with Crippen LogP contribution in [-0.2, 0) is 11.8 Å². The summed E-state index contributed by atoms with van der Waals surface area (Å²) in [7, 11) is 2.00. The maximum absolute atomic E-state index is 14.0. The molecule has 188 valence electrons. The zero-order chi connectivity index (χ0) is 26.4. The van der Waals surface area contributed by atoms with E-state index in [1.54, 1.807) is 4.57 Å². The van der Waals surface area contributed by atoms with E-state index in [9.17, 15) is 9.59 Å². The van der Waals surface area contributed by atoms with Crippen LogP contribution in [0.1, 0.15) is 29.7 Å². The van der Waals surface area contributed by atoms with Crippen molar-refractivity contribution in [3.05, 3.63) is 133 Å². The van der Waals surface area contributed by atoms with Gasteiger partial charge in [-0.3, -0.25) is 14.2 Å². The van der Waals surface area contributed by atoms with Gasteiger partial charge >= 0.3 is 0 Å². The van der Waals surface area contributed by atoms with Gasteiger partial charge in [0.1, 0.15) is 0 Å². The van der Waals surface area contributed by atoms with Gasteiger partial charge in [-0.25, -0.2) is 4.99 Å². The number of thiazole rings is 1. The van der Waals surface area contributed by atoms with Crippen LogP contribution in [0.4, 0.5) is 5.69 Å². The molecule has 1 aliphatic heterocycles. The number of para-hydroxylation sites is 2. The molecule has 0 spiro atoms. The predicted octanol–water partition coefficient (Wildman–Crippen LogP) is 4.67. The summed E-state index contributed by atoms with van der Waals surface area (Å²) in [5.41, 5.74) is 5.62. The Morgan fingerprint density at radius 3 is 2.45 bits per heavy atom. The number of hydrogen-bond donors (Lipinski definition) is 1. The van der Waals surface area contributed by atoms with Crippen molar-refractivity contribution in [2.24, 2.45) is 12.0 Å². The fraction of sp³-hybridized carbons (Fsp3) is 0.129. The van der Waals surface area contributed by atoms with Gasteiger partial charge in [-0.15, -0.1) is 0 Å². The van der Waals surface area contributed by atoms with E-state index < -0.39 is 6.04 Å². The summed E-state index contributed by atoms with van der Waals surface area (Å²) in [5.74, 6) is -0.272. The Balaban J connectivity index is 1.53. The van der Waals surface area contributed by atoms with Gasteiger partial charge in [0, 0.05) is 35.4 Å². The second kappa shape index (κ2) is 9.43. The molecule has 3 aromatic carbocycles. The Hall–Kier alpha value is -4.49. The molecule has 0 unspecified atom stereocenters. The van der Waals surface area contributed by atoms with Crippen LogP contribution in [0, 0.1) is 6.92 Å². The molecule has 0 saturated carbocycles. The number of rotatable bonds is 4. The largest absolute Gasteiger partial charge is 0.350 e. The van der Waals surface area contributed by atoms with Crippen LogP contribution in [0.2, 0.25) is 0 Å². The van der Waals surface area contributed by atoms with Gasteiger partial charge in [-0.2, -0.15) is 0 Å². The van der Waals surface area contributed by atoms with Crippen molar-refractivity contribution in [2.45, 2.75) is 19.9 Å². The molecule has 7 heteroatoms. The second-order valence-electron chi connectivity index (χ2n) is 9.53. The first-order chi connectivity index (χ1) is 18.4. The minimum atomic E-state index is -0.592. The first kappa shape index (κ1) is 23.9. The van der Waals surface area contributed by atoms with E-state index in [0.717, 1.165) is 27.6 Å². The van der Waals surface area contributed by atoms with Crippen molar-refractivity contribution in [1.82, 2.24) is 9.13 Å². The first-order valence-electron chi connectivity index (χ1n) is 12.4. The summed E-state index contributed by atoms with van der Waals surface area (Å²) in [6.07, 6.45) is 3.96. The summed E-state index contributed by atoms with van der Waals surface area (Å²) in [6, 6.07) is 24.8. The van der Waals surface area contributed by atoms with Crippen LogP contribution < -0.4 is 20.2 Å². The third kappa shape index (κ3) is 4.11. The molecule has 5 aromatic rings. The van der Waals surface area contributed by atoms with Gasteiger partial charge in [-0.1, -0.05) is 77.6 Å². The first-order valence-corrected chi connectivity index (χ1v) is 13.2. The Bertz CT molecular complexity index is 1910. The highest BCUT2D eigenvalue weighted by molar-refractivity contribution is 7.07. The lowest BCUT2D eigenvalue weighted by Crippen LogP contribution is -2.40. The molecule has 3 heterocycles. The van der Waals surface area contributed by atoms with Crippen molar-refractivity contribution >= 4 is 39.9 Å². The van der Waals surface area contributed by atoms with Crippen molar-refractivity contribution in [1.29, 1.82) is 0 Å². The van der Waals surface area contributed by atoms with Crippen LogP contribution in [0.5, 0.6) is 0 Å². The molecule has 6 nitrogen and oxygen atoms in total. The Morgan fingerprint density at radius 1 is 0.974 bits per heavy atom. The molecule has 0 bridgehead atoms. The van der Waals surface area contributed by atoms with Crippen molar-refractivity contribution < 1.29 is 4.79 Å². The van der Waals surface area contributed by atoms with E-state index >= 15 is 0 Å². The van der Waals surface area contributed by atoms with Gasteiger partial charge in [0.05, 0.1) is 21.8 Å². The van der Waals surface area contributed by atoms with E-state index in [1.165, 1.54) is 11.3 Å². The highest BCUT2D eigenvalue weighted by Crippen LogP contribution is 2.31. The van der Waals surface area contributed by atoms with Crippen molar-refractivity contribution in [3.63, 3.8) is 0 Å². The van der Waals surface area contributed by atoms with E-state index in [0.29, 0.717) is 26.3 Å². The SMILES string of the molecule is CC1=C(C(=O)Nc2ccccc2)[C@@H](c2ccc(C)cc2)n2c(s/c(=C\c3cn(C)c4ccccc34)c2=O)=N1. The Kier molecular flexibility index (Phi) is 5.93. The summed E-state index contributed by atoms with van der Waals surface area (Å²) in [4.78, 5) is 32.9. The lowest BCUT2D eigenvalue weighted by atomic mass is 9.94. The number of aryl methyl sites for hydroxylation is 2. The number of nitrogens with zero attached hydrogens (tertiary/aromatic N) is 3. The van der Waals surface area contributed by atoms with Crippen LogP contribution in [0.25, 0.3) is 17.0 Å². The van der Waals surface area contributed by atoms with Crippen molar-refractivity contribution in [3.8, 4) is 0 Å². The molecule has 0 radical (unpaired) electrons. The highest BCUT2D eigenvalue weighted by Gasteiger charge is 2.32. The number of carbonyl (C=O) groups is 1. The molecule has 6 rings (SSSR count). The minimum absolute atomic E-state index is 0.162. The lowest BCUT2D eigenvalue weighted by Gasteiger charge is -2.25. The normalized spacial score (nSPS) is 15.4. The third-order valence-corrected chi connectivity index (χ3v) is 7.89. The maximum Gasteiger partial charge on any atom is 0.271 e. The van der Waals surface area contributed by atoms with E-state index in [1.807, 2.05) is 99.9 Å². The van der Waals surface area contributed by atoms with Crippen LogP contribution >= 0.6 is 11.3 Å². The highest BCUT2D eigenvalue weighted by atomic mass is 32.1. The molecule has 1 atom stereocenters. The molecule has 2 aromatic heterocycles. The number of amides is 1.